The highest BCUT2D eigenvalue weighted by Crippen LogP contribution is 2.23. The second kappa shape index (κ2) is 9.72. The molecule has 0 bridgehead atoms. The van der Waals surface area contributed by atoms with Gasteiger partial charge in [-0.3, -0.25) is 4.98 Å². The van der Waals surface area contributed by atoms with E-state index in [9.17, 15) is 4.79 Å². The first-order valence-electron chi connectivity index (χ1n) is 10.8. The molecule has 2 N–H and O–H groups in total. The molecule has 156 valence electrons. The number of carbonyl (C=O) groups excluding carboxylic acids is 1. The number of para-hydroxylation sites is 1. The second-order valence-electron chi connectivity index (χ2n) is 8.18. The normalized spacial score (nSPS) is 15.2. The fraction of sp³-hybridized carbons (Fsp3) is 0.360. The number of aryl methyl sites for hydroxylation is 1. The van der Waals surface area contributed by atoms with Gasteiger partial charge < -0.3 is 15.5 Å². The number of piperidine rings is 1. The van der Waals surface area contributed by atoms with Gasteiger partial charge in [0.05, 0.1) is 11.2 Å². The van der Waals surface area contributed by atoms with Crippen molar-refractivity contribution >= 4 is 22.6 Å². The number of urea groups is 1. The molecule has 1 aliphatic heterocycles. The van der Waals surface area contributed by atoms with Crippen LogP contribution in [0.2, 0.25) is 0 Å². The number of rotatable bonds is 6. The highest BCUT2D eigenvalue weighted by molar-refractivity contribution is 6.00. The number of nitrogens with one attached hydrogen (secondary N) is 2. The fourth-order valence-electron chi connectivity index (χ4n) is 4.27. The third-order valence-electron chi connectivity index (χ3n) is 5.88. The average molecular weight is 403 g/mol. The quantitative estimate of drug-likeness (QED) is 0.633. The van der Waals surface area contributed by atoms with Gasteiger partial charge in [-0.15, -0.1) is 0 Å². The molecule has 3 aromatic rings. The van der Waals surface area contributed by atoms with Crippen LogP contribution in [-0.2, 0) is 6.42 Å². The average Bonchev–Trinajstić information content (AvgIpc) is 2.75. The van der Waals surface area contributed by atoms with Crippen LogP contribution in [0, 0.1) is 12.8 Å². The van der Waals surface area contributed by atoms with E-state index in [0.717, 1.165) is 47.8 Å². The van der Waals surface area contributed by atoms with Gasteiger partial charge >= 0.3 is 6.03 Å². The molecule has 4 rings (SSSR count). The van der Waals surface area contributed by atoms with Crippen LogP contribution >= 0.6 is 0 Å². The summed E-state index contributed by atoms with van der Waals surface area (Å²) < 4.78 is 0. The van der Waals surface area contributed by atoms with Crippen molar-refractivity contribution < 1.29 is 4.79 Å². The van der Waals surface area contributed by atoms with Gasteiger partial charge in [0.25, 0.3) is 0 Å². The molecule has 2 heterocycles. The third-order valence-corrected chi connectivity index (χ3v) is 5.88. The Kier molecular flexibility index (Phi) is 6.60. The van der Waals surface area contributed by atoms with Gasteiger partial charge in [-0.2, -0.15) is 0 Å². The number of amides is 2. The largest absolute Gasteiger partial charge is 0.337 e. The summed E-state index contributed by atoms with van der Waals surface area (Å²) in [4.78, 5) is 19.4. The van der Waals surface area contributed by atoms with Crippen LogP contribution in [0.4, 0.5) is 10.5 Å². The Morgan fingerprint density at radius 1 is 1.07 bits per heavy atom. The summed E-state index contributed by atoms with van der Waals surface area (Å²) in [5.41, 5.74) is 4.03. The van der Waals surface area contributed by atoms with Crippen molar-refractivity contribution in [2.75, 3.05) is 31.5 Å². The SMILES string of the molecule is Cc1cc(NC(=O)NCCN2CCC(Cc3ccccc3)CC2)c2ccccc2n1. The predicted molar refractivity (Wildman–Crippen MR) is 123 cm³/mol. The Balaban J connectivity index is 1.21. The third kappa shape index (κ3) is 5.36. The topological polar surface area (TPSA) is 57.3 Å². The number of hydrogen-bond acceptors (Lipinski definition) is 3. The zero-order valence-electron chi connectivity index (χ0n) is 17.6. The molecule has 0 radical (unpaired) electrons. The van der Waals surface area contributed by atoms with E-state index in [0.29, 0.717) is 6.54 Å². The Bertz CT molecular complexity index is 981. The lowest BCUT2D eigenvalue weighted by Crippen LogP contribution is -2.40. The number of fused-ring (bicyclic) bond motifs is 1. The first-order valence-corrected chi connectivity index (χ1v) is 10.8. The van der Waals surface area contributed by atoms with Crippen molar-refractivity contribution in [2.45, 2.75) is 26.2 Å². The Hall–Kier alpha value is -2.92. The van der Waals surface area contributed by atoms with E-state index in [1.165, 1.54) is 24.8 Å². The smallest absolute Gasteiger partial charge is 0.319 e. The van der Waals surface area contributed by atoms with Crippen molar-refractivity contribution in [3.05, 3.63) is 71.9 Å². The van der Waals surface area contributed by atoms with Crippen molar-refractivity contribution in [2.24, 2.45) is 5.92 Å². The van der Waals surface area contributed by atoms with Gasteiger partial charge in [-0.05, 0) is 62.9 Å². The molecule has 1 saturated heterocycles. The number of benzene rings is 2. The Morgan fingerprint density at radius 3 is 2.60 bits per heavy atom. The van der Waals surface area contributed by atoms with Crippen LogP contribution in [0.15, 0.2) is 60.7 Å². The standard InChI is InChI=1S/C25H30N4O/c1-19-17-24(22-9-5-6-10-23(22)27-19)28-25(30)26-13-16-29-14-11-21(12-15-29)18-20-7-3-2-4-8-20/h2-10,17,21H,11-16,18H2,1H3,(H2,26,27,28,30). The zero-order valence-corrected chi connectivity index (χ0v) is 17.6. The van der Waals surface area contributed by atoms with E-state index in [1.807, 2.05) is 37.3 Å². The van der Waals surface area contributed by atoms with Crippen LogP contribution in [-0.4, -0.2) is 42.1 Å². The Morgan fingerprint density at radius 2 is 1.80 bits per heavy atom. The fourth-order valence-corrected chi connectivity index (χ4v) is 4.27. The number of anilines is 1. The van der Waals surface area contributed by atoms with E-state index in [1.54, 1.807) is 0 Å². The lowest BCUT2D eigenvalue weighted by Gasteiger charge is -2.32. The first-order chi connectivity index (χ1) is 14.7. The van der Waals surface area contributed by atoms with Gasteiger partial charge in [-0.25, -0.2) is 4.79 Å². The van der Waals surface area contributed by atoms with E-state index in [4.69, 9.17) is 0 Å². The summed E-state index contributed by atoms with van der Waals surface area (Å²) in [7, 11) is 0. The van der Waals surface area contributed by atoms with Gasteiger partial charge in [-0.1, -0.05) is 48.5 Å². The van der Waals surface area contributed by atoms with Crippen LogP contribution in [0.5, 0.6) is 0 Å². The summed E-state index contributed by atoms with van der Waals surface area (Å²) in [6, 6.07) is 20.4. The molecule has 1 aromatic heterocycles. The van der Waals surface area contributed by atoms with Crippen molar-refractivity contribution in [1.82, 2.24) is 15.2 Å². The number of likely N-dealkylation sites (tertiary alicyclic amines) is 1. The maximum absolute atomic E-state index is 12.4. The Labute approximate surface area is 178 Å². The summed E-state index contributed by atoms with van der Waals surface area (Å²) >= 11 is 0. The summed E-state index contributed by atoms with van der Waals surface area (Å²) in [6.45, 7) is 5.69. The van der Waals surface area contributed by atoms with Gasteiger partial charge in [0.15, 0.2) is 0 Å². The highest BCUT2D eigenvalue weighted by Gasteiger charge is 2.19. The molecule has 0 spiro atoms. The van der Waals surface area contributed by atoms with Gasteiger partial charge in [0, 0.05) is 24.2 Å². The van der Waals surface area contributed by atoms with Crippen LogP contribution < -0.4 is 10.6 Å². The molecule has 0 atom stereocenters. The first kappa shape index (κ1) is 20.4. The van der Waals surface area contributed by atoms with E-state index >= 15 is 0 Å². The predicted octanol–water partition coefficient (Wildman–Crippen LogP) is 4.62. The van der Waals surface area contributed by atoms with Crippen LogP contribution in [0.25, 0.3) is 10.9 Å². The number of nitrogens with zero attached hydrogens (tertiary/aromatic N) is 2. The molecular weight excluding hydrogens is 372 g/mol. The van der Waals surface area contributed by atoms with E-state index in [2.05, 4.69) is 50.8 Å². The number of carbonyl (C=O) groups is 1. The van der Waals surface area contributed by atoms with E-state index in [-0.39, 0.29) is 6.03 Å². The summed E-state index contributed by atoms with van der Waals surface area (Å²) in [5.74, 6) is 0.767. The highest BCUT2D eigenvalue weighted by atomic mass is 16.2. The number of pyridine rings is 1. The van der Waals surface area contributed by atoms with Crippen LogP contribution in [0.1, 0.15) is 24.1 Å². The second-order valence-corrected chi connectivity index (χ2v) is 8.18. The molecule has 30 heavy (non-hydrogen) atoms. The molecule has 5 nitrogen and oxygen atoms in total. The maximum atomic E-state index is 12.4. The lowest BCUT2D eigenvalue weighted by atomic mass is 9.90. The zero-order chi connectivity index (χ0) is 20.8. The summed E-state index contributed by atoms with van der Waals surface area (Å²) in [5, 5.41) is 6.95. The lowest BCUT2D eigenvalue weighted by molar-refractivity contribution is 0.184. The van der Waals surface area contributed by atoms with Crippen LogP contribution in [0.3, 0.4) is 0 Å². The number of aromatic nitrogens is 1. The van der Waals surface area contributed by atoms with Crippen molar-refractivity contribution in [3.8, 4) is 0 Å². The molecule has 0 unspecified atom stereocenters. The maximum Gasteiger partial charge on any atom is 0.319 e. The molecule has 1 aliphatic rings. The van der Waals surface area contributed by atoms with Gasteiger partial charge in [0.2, 0.25) is 0 Å². The van der Waals surface area contributed by atoms with Crippen molar-refractivity contribution in [3.63, 3.8) is 0 Å². The molecule has 0 aliphatic carbocycles. The minimum atomic E-state index is -0.162. The molecule has 2 aromatic carbocycles. The molecule has 2 amide bonds. The van der Waals surface area contributed by atoms with E-state index < -0.39 is 0 Å². The minimum Gasteiger partial charge on any atom is -0.337 e. The molecule has 5 heteroatoms. The van der Waals surface area contributed by atoms with Gasteiger partial charge in [0.1, 0.15) is 0 Å². The molecule has 1 fully saturated rings. The number of hydrogen-bond donors (Lipinski definition) is 2. The van der Waals surface area contributed by atoms with Crippen molar-refractivity contribution in [1.29, 1.82) is 0 Å². The minimum absolute atomic E-state index is 0.162. The molecule has 0 saturated carbocycles. The summed E-state index contributed by atoms with van der Waals surface area (Å²) in [6.07, 6.45) is 3.63. The monoisotopic (exact) mass is 402 g/mol. The molecular formula is C25H30N4O.